The van der Waals surface area contributed by atoms with Crippen LogP contribution in [0.15, 0.2) is 40.6 Å². The van der Waals surface area contributed by atoms with Crippen LogP contribution in [-0.2, 0) is 27.7 Å². The number of benzene rings is 1. The number of sulfonamides is 1. The van der Waals surface area contributed by atoms with E-state index in [1.807, 2.05) is 43.3 Å². The minimum atomic E-state index is -3.87. The van der Waals surface area contributed by atoms with Crippen molar-refractivity contribution in [3.05, 3.63) is 53.2 Å². The maximum absolute atomic E-state index is 13.2. The normalized spacial score (nSPS) is 15.5. The largest absolute Gasteiger partial charge is 0.363 e. The molecule has 0 radical (unpaired) electrons. The number of carbonyl (C=O) groups excluding carboxylic acids is 1. The second kappa shape index (κ2) is 8.27. The third-order valence-corrected chi connectivity index (χ3v) is 8.38. The minimum absolute atomic E-state index is 0.0149. The van der Waals surface area contributed by atoms with Crippen LogP contribution in [0.5, 0.6) is 0 Å². The zero-order chi connectivity index (χ0) is 23.2. The van der Waals surface area contributed by atoms with Crippen LogP contribution in [0.4, 0.5) is 10.9 Å². The SMILES string of the molecule is Cc1nc(N(C)C(=O)[C@@H]2Cc3ccc(-c4cccc(N(C)C)n4)cc3C2)sc1S(N)(=O)=O. The monoisotopic (exact) mass is 471 g/mol. The predicted octanol–water partition coefficient (Wildman–Crippen LogP) is 2.60. The van der Waals surface area contributed by atoms with Gasteiger partial charge in [0.15, 0.2) is 9.34 Å². The van der Waals surface area contributed by atoms with E-state index in [0.29, 0.717) is 23.7 Å². The fourth-order valence-electron chi connectivity index (χ4n) is 3.93. The molecule has 2 heterocycles. The van der Waals surface area contributed by atoms with Crippen LogP contribution in [0, 0.1) is 12.8 Å². The molecule has 8 nitrogen and oxygen atoms in total. The number of nitrogens with zero attached hydrogens (tertiary/aromatic N) is 4. The lowest BCUT2D eigenvalue weighted by Gasteiger charge is -2.18. The van der Waals surface area contributed by atoms with Crippen molar-refractivity contribution in [1.82, 2.24) is 9.97 Å². The number of aryl methyl sites for hydroxylation is 1. The molecule has 10 heteroatoms. The molecule has 1 amide bonds. The van der Waals surface area contributed by atoms with Gasteiger partial charge in [0.1, 0.15) is 5.82 Å². The van der Waals surface area contributed by atoms with E-state index in [4.69, 9.17) is 10.1 Å². The number of aromatic nitrogens is 2. The van der Waals surface area contributed by atoms with Gasteiger partial charge in [-0.15, -0.1) is 0 Å². The molecule has 0 saturated heterocycles. The number of amides is 1. The number of hydrogen-bond acceptors (Lipinski definition) is 7. The molecule has 2 aromatic heterocycles. The van der Waals surface area contributed by atoms with Crippen LogP contribution in [0.3, 0.4) is 0 Å². The van der Waals surface area contributed by atoms with Crippen molar-refractivity contribution in [3.63, 3.8) is 0 Å². The van der Waals surface area contributed by atoms with Crippen LogP contribution in [0.25, 0.3) is 11.3 Å². The molecule has 0 unspecified atom stereocenters. The van der Waals surface area contributed by atoms with Gasteiger partial charge in [-0.05, 0) is 49.1 Å². The van der Waals surface area contributed by atoms with Gasteiger partial charge in [0.2, 0.25) is 15.9 Å². The number of primary sulfonamides is 1. The van der Waals surface area contributed by atoms with Crippen LogP contribution < -0.4 is 14.9 Å². The molecule has 3 aromatic rings. The summed E-state index contributed by atoms with van der Waals surface area (Å²) in [5.74, 6) is 0.564. The average Bonchev–Trinajstić information content (AvgIpc) is 3.35. The first-order valence-electron chi connectivity index (χ1n) is 10.1. The summed E-state index contributed by atoms with van der Waals surface area (Å²) in [6.45, 7) is 1.57. The van der Waals surface area contributed by atoms with Crippen LogP contribution in [-0.4, -0.2) is 45.4 Å². The van der Waals surface area contributed by atoms with E-state index in [1.165, 1.54) is 4.90 Å². The summed E-state index contributed by atoms with van der Waals surface area (Å²) in [5.41, 5.74) is 4.48. The topological polar surface area (TPSA) is 109 Å². The Balaban J connectivity index is 1.54. The fourth-order valence-corrected chi connectivity index (χ4v) is 5.84. The number of fused-ring (bicyclic) bond motifs is 1. The average molecular weight is 472 g/mol. The standard InChI is InChI=1S/C22H25N5O3S2/c1-13-21(32(23,29)30)31-22(24-13)27(4)20(28)17-10-14-8-9-15(11-16(14)12-17)18-6-5-7-19(25-18)26(2)3/h5-9,11,17H,10,12H2,1-4H3,(H2,23,29,30)/t17-/m1/s1. The molecule has 2 N–H and O–H groups in total. The summed E-state index contributed by atoms with van der Waals surface area (Å²) >= 11 is 0.918. The van der Waals surface area contributed by atoms with Gasteiger partial charge < -0.3 is 4.90 Å². The van der Waals surface area contributed by atoms with Crippen LogP contribution in [0.1, 0.15) is 16.8 Å². The lowest BCUT2D eigenvalue weighted by molar-refractivity contribution is -0.121. The van der Waals surface area contributed by atoms with Gasteiger partial charge in [0, 0.05) is 32.6 Å². The smallest absolute Gasteiger partial charge is 0.249 e. The van der Waals surface area contributed by atoms with E-state index in [1.54, 1.807) is 14.0 Å². The van der Waals surface area contributed by atoms with Crippen molar-refractivity contribution in [2.24, 2.45) is 11.1 Å². The molecule has 1 aromatic carbocycles. The van der Waals surface area contributed by atoms with E-state index < -0.39 is 10.0 Å². The maximum atomic E-state index is 13.2. The van der Waals surface area contributed by atoms with Gasteiger partial charge in [-0.1, -0.05) is 29.5 Å². The molecule has 168 valence electrons. The number of pyridine rings is 1. The highest BCUT2D eigenvalue weighted by Gasteiger charge is 2.32. The minimum Gasteiger partial charge on any atom is -0.363 e. The Morgan fingerprint density at radius 1 is 1.09 bits per heavy atom. The third-order valence-electron chi connectivity index (χ3n) is 5.60. The third kappa shape index (κ3) is 4.25. The van der Waals surface area contributed by atoms with E-state index in [9.17, 15) is 13.2 Å². The van der Waals surface area contributed by atoms with Gasteiger partial charge >= 0.3 is 0 Å². The number of carbonyl (C=O) groups is 1. The Morgan fingerprint density at radius 3 is 2.47 bits per heavy atom. The van der Waals surface area contributed by atoms with Crippen LogP contribution >= 0.6 is 11.3 Å². The zero-order valence-corrected chi connectivity index (χ0v) is 20.0. The molecule has 0 bridgehead atoms. The number of nitrogens with two attached hydrogens (primary N) is 1. The van der Waals surface area contributed by atoms with Gasteiger partial charge in [0.05, 0.1) is 11.4 Å². The molecule has 0 spiro atoms. The lowest BCUT2D eigenvalue weighted by Crippen LogP contribution is -2.33. The van der Waals surface area contributed by atoms with Gasteiger partial charge in [-0.2, -0.15) is 0 Å². The van der Waals surface area contributed by atoms with Gasteiger partial charge in [-0.3, -0.25) is 9.69 Å². The molecule has 0 aliphatic heterocycles. The lowest BCUT2D eigenvalue weighted by atomic mass is 10.0. The van der Waals surface area contributed by atoms with Crippen molar-refractivity contribution in [2.75, 3.05) is 30.9 Å². The molecular weight excluding hydrogens is 446 g/mol. The molecule has 1 atom stereocenters. The van der Waals surface area contributed by atoms with Gasteiger partial charge in [-0.25, -0.2) is 23.5 Å². The summed E-state index contributed by atoms with van der Waals surface area (Å²) in [6.07, 6.45) is 1.25. The van der Waals surface area contributed by atoms with Crippen molar-refractivity contribution in [3.8, 4) is 11.3 Å². The Morgan fingerprint density at radius 2 is 1.81 bits per heavy atom. The number of anilines is 2. The maximum Gasteiger partial charge on any atom is 0.249 e. The first-order valence-corrected chi connectivity index (χ1v) is 12.4. The molecular formula is C22H25N5O3S2. The van der Waals surface area contributed by atoms with E-state index in [2.05, 4.69) is 17.1 Å². The fraction of sp³-hybridized carbons (Fsp3) is 0.318. The zero-order valence-electron chi connectivity index (χ0n) is 18.4. The van der Waals surface area contributed by atoms with Gasteiger partial charge in [0.25, 0.3) is 0 Å². The summed E-state index contributed by atoms with van der Waals surface area (Å²) in [4.78, 5) is 25.5. The molecule has 0 fully saturated rings. The van der Waals surface area contributed by atoms with E-state index in [0.717, 1.165) is 39.5 Å². The molecule has 32 heavy (non-hydrogen) atoms. The Kier molecular flexibility index (Phi) is 5.78. The highest BCUT2D eigenvalue weighted by atomic mass is 32.2. The molecule has 4 rings (SSSR count). The predicted molar refractivity (Wildman–Crippen MR) is 127 cm³/mol. The van der Waals surface area contributed by atoms with E-state index >= 15 is 0 Å². The van der Waals surface area contributed by atoms with E-state index in [-0.39, 0.29) is 16.0 Å². The second-order valence-electron chi connectivity index (χ2n) is 8.18. The summed E-state index contributed by atoms with van der Waals surface area (Å²) in [6, 6.07) is 12.1. The second-order valence-corrected chi connectivity index (χ2v) is 10.9. The quantitative estimate of drug-likeness (QED) is 0.613. The Hall–Kier alpha value is -2.82. The summed E-state index contributed by atoms with van der Waals surface area (Å²) in [7, 11) is 1.67. The van der Waals surface area contributed by atoms with Crippen molar-refractivity contribution < 1.29 is 13.2 Å². The van der Waals surface area contributed by atoms with Crippen LogP contribution in [0.2, 0.25) is 0 Å². The molecule has 1 aliphatic carbocycles. The Bertz CT molecular complexity index is 1300. The number of rotatable bonds is 5. The first-order chi connectivity index (χ1) is 15.0. The summed E-state index contributed by atoms with van der Waals surface area (Å²) in [5, 5.41) is 5.58. The van der Waals surface area contributed by atoms with Crippen molar-refractivity contribution in [2.45, 2.75) is 24.0 Å². The first kappa shape index (κ1) is 22.4. The van der Waals surface area contributed by atoms with Crippen molar-refractivity contribution in [1.29, 1.82) is 0 Å². The Labute approximate surface area is 191 Å². The highest BCUT2D eigenvalue weighted by Crippen LogP contribution is 2.34. The number of thiazole rings is 1. The molecule has 0 saturated carbocycles. The summed E-state index contributed by atoms with van der Waals surface area (Å²) < 4.78 is 23.4. The molecule has 1 aliphatic rings. The number of hydrogen-bond donors (Lipinski definition) is 1. The highest BCUT2D eigenvalue weighted by molar-refractivity contribution is 7.91. The van der Waals surface area contributed by atoms with Crippen molar-refractivity contribution >= 4 is 38.2 Å².